The van der Waals surface area contributed by atoms with Crippen molar-refractivity contribution in [3.8, 4) is 18.9 Å². The van der Waals surface area contributed by atoms with Crippen molar-refractivity contribution in [3.05, 3.63) is 36.2 Å². The van der Waals surface area contributed by atoms with Gasteiger partial charge in [0, 0.05) is 23.8 Å². The van der Waals surface area contributed by atoms with Crippen LogP contribution in [0.3, 0.4) is 0 Å². The Labute approximate surface area is 144 Å². The summed E-state index contributed by atoms with van der Waals surface area (Å²) in [7, 11) is 0. The molecule has 0 aliphatic carbocycles. The van der Waals surface area contributed by atoms with Gasteiger partial charge >= 0.3 is 6.18 Å². The fourth-order valence-electron chi connectivity index (χ4n) is 2.24. The van der Waals surface area contributed by atoms with Crippen molar-refractivity contribution in [3.63, 3.8) is 0 Å². The number of nitriles is 1. The van der Waals surface area contributed by atoms with Gasteiger partial charge in [0.25, 0.3) is 0 Å². The van der Waals surface area contributed by atoms with Crippen molar-refractivity contribution < 1.29 is 18.3 Å². The Balaban J connectivity index is 0.00000151. The molecule has 2 rings (SSSR count). The van der Waals surface area contributed by atoms with Crippen molar-refractivity contribution in [2.45, 2.75) is 31.5 Å². The van der Waals surface area contributed by atoms with Gasteiger partial charge in [-0.05, 0) is 48.9 Å². The minimum absolute atomic E-state index is 0.282. The van der Waals surface area contributed by atoms with E-state index in [4.69, 9.17) is 10.4 Å². The molecule has 2 N–H and O–H groups in total. The summed E-state index contributed by atoms with van der Waals surface area (Å²) in [6.45, 7) is 0.506. The fraction of sp³-hybridized carbons (Fsp3) is 0.333. The molecule has 0 bridgehead atoms. The molecule has 0 amide bonds. The van der Waals surface area contributed by atoms with E-state index in [2.05, 4.69) is 23.1 Å². The Morgan fingerprint density at radius 2 is 1.96 bits per heavy atom. The molecule has 1 atom stereocenters. The van der Waals surface area contributed by atoms with Crippen LogP contribution in [0.15, 0.2) is 30.5 Å². The van der Waals surface area contributed by atoms with E-state index < -0.39 is 12.3 Å². The Morgan fingerprint density at radius 1 is 1.24 bits per heavy atom. The van der Waals surface area contributed by atoms with Gasteiger partial charge in [0.05, 0.1) is 0 Å². The minimum atomic E-state index is -4.54. The van der Waals surface area contributed by atoms with E-state index >= 15 is 0 Å². The zero-order chi connectivity index (χ0) is 18.9. The first kappa shape index (κ1) is 20.3. The van der Waals surface area contributed by atoms with Crippen LogP contribution in [0.2, 0.25) is 0 Å². The molecule has 132 valence electrons. The van der Waals surface area contributed by atoms with E-state index in [0.29, 0.717) is 18.7 Å². The number of benzene rings is 1. The van der Waals surface area contributed by atoms with Crippen LogP contribution in [0.25, 0.3) is 10.8 Å². The number of hydrogen-bond acceptors (Lipinski definition) is 4. The smallest absolute Gasteiger partial charge is 0.385 e. The zero-order valence-corrected chi connectivity index (χ0v) is 13.4. The molecule has 0 spiro atoms. The summed E-state index contributed by atoms with van der Waals surface area (Å²) in [5.41, 5.74) is 1.18. The number of aliphatic hydroxyl groups excluding tert-OH is 1. The number of halogens is 3. The predicted molar refractivity (Wildman–Crippen MR) is 90.8 cm³/mol. The molecule has 2 aromatic rings. The fourth-order valence-corrected chi connectivity index (χ4v) is 2.24. The van der Waals surface area contributed by atoms with Crippen molar-refractivity contribution in [2.24, 2.45) is 0 Å². The molecule has 1 aromatic heterocycles. The first-order valence-electron chi connectivity index (χ1n) is 7.52. The van der Waals surface area contributed by atoms with Crippen LogP contribution >= 0.6 is 0 Å². The average molecular weight is 349 g/mol. The first-order chi connectivity index (χ1) is 11.9. The monoisotopic (exact) mass is 349 g/mol. The molecule has 7 heteroatoms. The van der Waals surface area contributed by atoms with Crippen molar-refractivity contribution in [2.75, 3.05) is 11.9 Å². The summed E-state index contributed by atoms with van der Waals surface area (Å²) >= 11 is 0. The minimum Gasteiger partial charge on any atom is -0.385 e. The number of aliphatic hydroxyl groups is 1. The highest BCUT2D eigenvalue weighted by atomic mass is 19.4. The number of nitrogens with one attached hydrogen (secondary N) is 1. The number of nitrogens with zero attached hydrogens (tertiary/aromatic N) is 2. The van der Waals surface area contributed by atoms with Gasteiger partial charge in [-0.15, -0.1) is 12.8 Å². The number of aromatic nitrogens is 1. The maximum absolute atomic E-state index is 12.1. The third-order valence-corrected chi connectivity index (χ3v) is 3.48. The summed E-state index contributed by atoms with van der Waals surface area (Å²) in [5.74, 6) is 0. The first-order valence-corrected chi connectivity index (χ1v) is 7.52. The van der Waals surface area contributed by atoms with Gasteiger partial charge in [-0.1, -0.05) is 0 Å². The van der Waals surface area contributed by atoms with E-state index in [1.807, 2.05) is 12.1 Å². The largest absolute Gasteiger partial charge is 0.414 e. The highest BCUT2D eigenvalue weighted by Crippen LogP contribution is 2.24. The number of terminal acetylenes is 1. The van der Waals surface area contributed by atoms with Crippen molar-refractivity contribution >= 4 is 16.5 Å². The van der Waals surface area contributed by atoms with Gasteiger partial charge < -0.3 is 10.4 Å². The highest BCUT2D eigenvalue weighted by molar-refractivity contribution is 5.88. The molecule has 1 unspecified atom stereocenters. The quantitative estimate of drug-likeness (QED) is 0.614. The van der Waals surface area contributed by atoms with Gasteiger partial charge in [0.15, 0.2) is 0 Å². The predicted octanol–water partition coefficient (Wildman–Crippen LogP) is 3.86. The Bertz CT molecular complexity index is 751. The molecule has 0 saturated heterocycles. The topological polar surface area (TPSA) is 68.9 Å². The lowest BCUT2D eigenvalue weighted by Gasteiger charge is -2.14. The van der Waals surface area contributed by atoms with Gasteiger partial charge in [-0.25, -0.2) is 4.98 Å². The average Bonchev–Trinajstić information content (AvgIpc) is 2.61. The molecule has 1 heterocycles. The number of alkyl halides is 3. The van der Waals surface area contributed by atoms with Gasteiger partial charge in [-0.3, -0.25) is 0 Å². The summed E-state index contributed by atoms with van der Waals surface area (Å²) < 4.78 is 36.4. The van der Waals surface area contributed by atoms with Crippen LogP contribution in [-0.4, -0.2) is 28.9 Å². The molecular formula is C18H18F3N3O. The third kappa shape index (κ3) is 5.98. The number of pyridine rings is 1. The van der Waals surface area contributed by atoms with Gasteiger partial charge in [-0.2, -0.15) is 18.4 Å². The van der Waals surface area contributed by atoms with Crippen molar-refractivity contribution in [1.29, 1.82) is 5.26 Å². The van der Waals surface area contributed by atoms with E-state index in [-0.39, 0.29) is 12.8 Å². The number of hydrogen-bond donors (Lipinski definition) is 2. The van der Waals surface area contributed by atoms with Crippen LogP contribution in [-0.2, 0) is 0 Å². The summed E-state index contributed by atoms with van der Waals surface area (Å²) in [5, 5.41) is 22.6. The van der Waals surface area contributed by atoms with Crippen LogP contribution in [0.4, 0.5) is 18.9 Å². The maximum atomic E-state index is 12.1. The molecule has 0 saturated carbocycles. The normalized spacial score (nSPS) is 11.9. The van der Waals surface area contributed by atoms with Crippen LogP contribution in [0, 0.1) is 24.2 Å². The molecular weight excluding hydrogens is 331 g/mol. The Morgan fingerprint density at radius 3 is 2.60 bits per heavy atom. The second kappa shape index (κ2) is 9.51. The third-order valence-electron chi connectivity index (χ3n) is 3.48. The number of unbranched alkanes of at least 4 members (excludes halogenated alkanes) is 1. The second-order valence-electron chi connectivity index (χ2n) is 5.19. The summed E-state index contributed by atoms with van der Waals surface area (Å²) in [6, 6.07) is 9.27. The van der Waals surface area contributed by atoms with E-state index in [0.717, 1.165) is 16.5 Å². The van der Waals surface area contributed by atoms with Gasteiger partial charge in [0.2, 0.25) is 0 Å². The molecule has 0 aliphatic heterocycles. The second-order valence-corrected chi connectivity index (χ2v) is 5.19. The van der Waals surface area contributed by atoms with Crippen LogP contribution in [0.5, 0.6) is 0 Å². The molecule has 0 fully saturated rings. The Kier molecular flexibility index (Phi) is 7.71. The maximum Gasteiger partial charge on any atom is 0.414 e. The molecule has 4 nitrogen and oxygen atoms in total. The lowest BCUT2D eigenvalue weighted by molar-refractivity contribution is -0.205. The van der Waals surface area contributed by atoms with E-state index in [1.54, 1.807) is 24.4 Å². The zero-order valence-electron chi connectivity index (χ0n) is 13.4. The molecule has 1 aromatic carbocycles. The van der Waals surface area contributed by atoms with Gasteiger partial charge in [0.1, 0.15) is 17.9 Å². The van der Waals surface area contributed by atoms with Crippen LogP contribution < -0.4 is 5.32 Å². The molecule has 0 radical (unpaired) electrons. The number of rotatable bonds is 6. The number of fused-ring (bicyclic) bond motifs is 1. The van der Waals surface area contributed by atoms with Crippen molar-refractivity contribution in [1.82, 2.24) is 4.98 Å². The molecule has 25 heavy (non-hydrogen) atoms. The molecule has 0 aliphatic rings. The van der Waals surface area contributed by atoms with Crippen LogP contribution in [0.1, 0.15) is 25.0 Å². The Hall–Kier alpha value is -2.77. The SMILES string of the molecule is C#C.N#Cc1nccc2cc(NCCCCC(O)C(F)(F)F)ccc12. The lowest BCUT2D eigenvalue weighted by atomic mass is 10.1. The standard InChI is InChI=1S/C16H16F3N3O.C2H2/c17-16(18,19)15(23)3-1-2-7-21-12-4-5-13-11(9-12)6-8-22-14(13)10-20;1-2/h4-6,8-9,15,21,23H,1-3,7H2;1-2H. The summed E-state index contributed by atoms with van der Waals surface area (Å²) in [4.78, 5) is 3.98. The van der Waals surface area contributed by atoms with E-state index in [9.17, 15) is 13.2 Å². The van der Waals surface area contributed by atoms with E-state index in [1.165, 1.54) is 0 Å². The summed E-state index contributed by atoms with van der Waals surface area (Å²) in [6.07, 6.45) is 3.27. The lowest BCUT2D eigenvalue weighted by Crippen LogP contribution is -2.28. The number of anilines is 1. The highest BCUT2D eigenvalue weighted by Gasteiger charge is 2.37.